The number of rotatable bonds is 2. The summed E-state index contributed by atoms with van der Waals surface area (Å²) in [7, 11) is 0. The highest BCUT2D eigenvalue weighted by Gasteiger charge is 2.19. The van der Waals surface area contributed by atoms with Gasteiger partial charge in [-0.05, 0) is 42.5 Å². The van der Waals surface area contributed by atoms with Gasteiger partial charge in [0.1, 0.15) is 5.82 Å². The number of anilines is 1. The molecule has 1 aromatic carbocycles. The topological polar surface area (TPSA) is 24.9 Å². The highest BCUT2D eigenvalue weighted by Crippen LogP contribution is 2.31. The molecule has 0 bridgehead atoms. The Balaban J connectivity index is 1.86. The molecule has 0 amide bonds. The lowest BCUT2D eigenvalue weighted by Gasteiger charge is -2.26. The molecular weight excluding hydrogens is 227 g/mol. The summed E-state index contributed by atoms with van der Waals surface area (Å²) >= 11 is 0. The molecule has 1 aliphatic rings. The molecule has 2 nitrogen and oxygen atoms in total. The van der Waals surface area contributed by atoms with Crippen molar-refractivity contribution in [2.24, 2.45) is 0 Å². The fourth-order valence-electron chi connectivity index (χ4n) is 2.57. The van der Waals surface area contributed by atoms with E-state index in [1.165, 1.54) is 17.2 Å². The number of benzene rings is 1. The van der Waals surface area contributed by atoms with E-state index in [1.54, 1.807) is 12.1 Å². The normalized spacial score (nSPS) is 18.2. The van der Waals surface area contributed by atoms with Gasteiger partial charge in [-0.1, -0.05) is 30.3 Å². The summed E-state index contributed by atoms with van der Waals surface area (Å²) in [6.07, 6.45) is 3.35. The number of nitrogens with zero attached hydrogens (tertiary/aromatic N) is 1. The van der Waals surface area contributed by atoms with Crippen LogP contribution < -0.4 is 5.32 Å². The molecule has 0 spiro atoms. The SMILES string of the molecule is Fc1cccc(NC2CCCc3ccccc32)n1. The van der Waals surface area contributed by atoms with Gasteiger partial charge in [0.2, 0.25) is 5.95 Å². The lowest BCUT2D eigenvalue weighted by molar-refractivity contribution is 0.575. The van der Waals surface area contributed by atoms with E-state index in [1.807, 2.05) is 0 Å². The Hall–Kier alpha value is -1.90. The molecule has 3 rings (SSSR count). The number of nitrogens with one attached hydrogen (secondary N) is 1. The first-order chi connectivity index (χ1) is 8.83. The van der Waals surface area contributed by atoms with Gasteiger partial charge < -0.3 is 5.32 Å². The van der Waals surface area contributed by atoms with Crippen molar-refractivity contribution in [1.29, 1.82) is 0 Å². The van der Waals surface area contributed by atoms with Gasteiger partial charge in [0.25, 0.3) is 0 Å². The maximum atomic E-state index is 13.1. The minimum absolute atomic E-state index is 0.240. The Morgan fingerprint density at radius 2 is 2.00 bits per heavy atom. The van der Waals surface area contributed by atoms with Gasteiger partial charge in [-0.25, -0.2) is 4.98 Å². The fraction of sp³-hybridized carbons (Fsp3) is 0.267. The molecule has 0 saturated heterocycles. The van der Waals surface area contributed by atoms with Crippen molar-refractivity contribution < 1.29 is 4.39 Å². The van der Waals surface area contributed by atoms with E-state index in [-0.39, 0.29) is 6.04 Å². The van der Waals surface area contributed by atoms with E-state index in [0.29, 0.717) is 5.82 Å². The molecule has 1 aliphatic carbocycles. The predicted molar refractivity (Wildman–Crippen MR) is 69.9 cm³/mol. The third kappa shape index (κ3) is 2.21. The van der Waals surface area contributed by atoms with E-state index in [0.717, 1.165) is 19.3 Å². The zero-order chi connectivity index (χ0) is 12.4. The Morgan fingerprint density at radius 1 is 1.11 bits per heavy atom. The van der Waals surface area contributed by atoms with Crippen LogP contribution in [-0.4, -0.2) is 4.98 Å². The largest absolute Gasteiger partial charge is 0.363 e. The van der Waals surface area contributed by atoms with Gasteiger partial charge in [0.05, 0.1) is 6.04 Å². The van der Waals surface area contributed by atoms with Crippen molar-refractivity contribution in [3.05, 3.63) is 59.5 Å². The first kappa shape index (κ1) is 11.2. The van der Waals surface area contributed by atoms with Crippen LogP contribution in [0.5, 0.6) is 0 Å². The molecule has 92 valence electrons. The van der Waals surface area contributed by atoms with Crippen molar-refractivity contribution in [2.75, 3.05) is 5.32 Å². The summed E-state index contributed by atoms with van der Waals surface area (Å²) in [5, 5.41) is 3.33. The van der Waals surface area contributed by atoms with Crippen molar-refractivity contribution in [3.8, 4) is 0 Å². The lowest BCUT2D eigenvalue weighted by atomic mass is 9.88. The van der Waals surface area contributed by atoms with Gasteiger partial charge in [0, 0.05) is 0 Å². The lowest BCUT2D eigenvalue weighted by Crippen LogP contribution is -2.17. The maximum absolute atomic E-state index is 13.1. The van der Waals surface area contributed by atoms with Crippen LogP contribution in [0.3, 0.4) is 0 Å². The molecule has 1 heterocycles. The number of pyridine rings is 1. The second-order valence-corrected chi connectivity index (χ2v) is 4.63. The van der Waals surface area contributed by atoms with Crippen LogP contribution in [0.4, 0.5) is 10.2 Å². The van der Waals surface area contributed by atoms with Crippen LogP contribution in [-0.2, 0) is 6.42 Å². The average molecular weight is 242 g/mol. The molecule has 1 N–H and O–H groups in total. The van der Waals surface area contributed by atoms with Gasteiger partial charge in [-0.2, -0.15) is 4.39 Å². The van der Waals surface area contributed by atoms with Crippen molar-refractivity contribution >= 4 is 5.82 Å². The Morgan fingerprint density at radius 3 is 2.89 bits per heavy atom. The number of aryl methyl sites for hydroxylation is 1. The number of aromatic nitrogens is 1. The maximum Gasteiger partial charge on any atom is 0.214 e. The molecule has 3 heteroatoms. The van der Waals surface area contributed by atoms with Crippen LogP contribution in [0.15, 0.2) is 42.5 Å². The molecule has 18 heavy (non-hydrogen) atoms. The number of halogens is 1. The van der Waals surface area contributed by atoms with Crippen LogP contribution in [0.1, 0.15) is 30.0 Å². The summed E-state index contributed by atoms with van der Waals surface area (Å²) in [6.45, 7) is 0. The smallest absolute Gasteiger partial charge is 0.214 e. The number of hydrogen-bond acceptors (Lipinski definition) is 2. The van der Waals surface area contributed by atoms with Crippen LogP contribution >= 0.6 is 0 Å². The quantitative estimate of drug-likeness (QED) is 0.812. The molecular formula is C15H15FN2. The summed E-state index contributed by atoms with van der Waals surface area (Å²) in [5.74, 6) is 0.167. The highest BCUT2D eigenvalue weighted by molar-refractivity contribution is 5.41. The standard InChI is InChI=1S/C15H15FN2/c16-14-9-4-10-15(18-14)17-13-8-3-6-11-5-1-2-7-12(11)13/h1-2,4-5,7,9-10,13H,3,6,8H2,(H,17,18). The minimum Gasteiger partial charge on any atom is -0.363 e. The second kappa shape index (κ2) is 4.77. The fourth-order valence-corrected chi connectivity index (χ4v) is 2.57. The van der Waals surface area contributed by atoms with E-state index < -0.39 is 5.95 Å². The third-order valence-electron chi connectivity index (χ3n) is 3.41. The van der Waals surface area contributed by atoms with Gasteiger partial charge in [0.15, 0.2) is 0 Å². The van der Waals surface area contributed by atoms with Gasteiger partial charge >= 0.3 is 0 Å². The van der Waals surface area contributed by atoms with Crippen molar-refractivity contribution in [2.45, 2.75) is 25.3 Å². The molecule has 1 aromatic heterocycles. The zero-order valence-electron chi connectivity index (χ0n) is 10.1. The molecule has 0 saturated carbocycles. The first-order valence-corrected chi connectivity index (χ1v) is 6.30. The van der Waals surface area contributed by atoms with E-state index in [4.69, 9.17) is 0 Å². The van der Waals surface area contributed by atoms with Crippen LogP contribution in [0, 0.1) is 5.95 Å². The van der Waals surface area contributed by atoms with E-state index >= 15 is 0 Å². The van der Waals surface area contributed by atoms with E-state index in [2.05, 4.69) is 34.6 Å². The predicted octanol–water partition coefficient (Wildman–Crippen LogP) is 3.71. The van der Waals surface area contributed by atoms with Crippen molar-refractivity contribution in [3.63, 3.8) is 0 Å². The third-order valence-corrected chi connectivity index (χ3v) is 3.41. The minimum atomic E-state index is -0.441. The van der Waals surface area contributed by atoms with Crippen LogP contribution in [0.2, 0.25) is 0 Å². The summed E-state index contributed by atoms with van der Waals surface area (Å²) in [6, 6.07) is 13.5. The van der Waals surface area contributed by atoms with E-state index in [9.17, 15) is 4.39 Å². The van der Waals surface area contributed by atoms with Gasteiger partial charge in [-0.3, -0.25) is 0 Å². The Labute approximate surface area is 106 Å². The number of fused-ring (bicyclic) bond motifs is 1. The number of hydrogen-bond donors (Lipinski definition) is 1. The Kier molecular flexibility index (Phi) is 2.97. The second-order valence-electron chi connectivity index (χ2n) is 4.63. The van der Waals surface area contributed by atoms with Crippen molar-refractivity contribution in [1.82, 2.24) is 4.98 Å². The molecule has 2 aromatic rings. The Bertz CT molecular complexity index is 554. The van der Waals surface area contributed by atoms with Gasteiger partial charge in [-0.15, -0.1) is 0 Å². The monoisotopic (exact) mass is 242 g/mol. The van der Waals surface area contributed by atoms with Crippen LogP contribution in [0.25, 0.3) is 0 Å². The highest BCUT2D eigenvalue weighted by atomic mass is 19.1. The molecule has 1 unspecified atom stereocenters. The summed E-state index contributed by atoms with van der Waals surface area (Å²) in [5.41, 5.74) is 2.70. The summed E-state index contributed by atoms with van der Waals surface area (Å²) < 4.78 is 13.1. The molecule has 1 atom stereocenters. The average Bonchev–Trinajstić information content (AvgIpc) is 2.39. The first-order valence-electron chi connectivity index (χ1n) is 6.30. The summed E-state index contributed by atoms with van der Waals surface area (Å²) in [4.78, 5) is 3.86. The molecule has 0 radical (unpaired) electrons. The molecule has 0 fully saturated rings. The zero-order valence-corrected chi connectivity index (χ0v) is 10.1. The molecule has 0 aliphatic heterocycles.